The van der Waals surface area contributed by atoms with E-state index in [0.29, 0.717) is 6.54 Å². The molecule has 0 radical (unpaired) electrons. The van der Waals surface area contributed by atoms with Crippen molar-refractivity contribution in [3.8, 4) is 0 Å². The van der Waals surface area contributed by atoms with Crippen LogP contribution in [0.2, 0.25) is 0 Å². The SMILES string of the molecule is Cc1cc(Br)c(NCc2ccc(Br)o2)c(Br)c1. The maximum absolute atomic E-state index is 5.43. The van der Waals surface area contributed by atoms with Crippen LogP contribution in [0.1, 0.15) is 11.3 Å². The number of halogens is 3. The van der Waals surface area contributed by atoms with Crippen molar-refractivity contribution in [2.24, 2.45) is 0 Å². The lowest BCUT2D eigenvalue weighted by Crippen LogP contribution is -2.00. The van der Waals surface area contributed by atoms with Gasteiger partial charge in [0.2, 0.25) is 0 Å². The van der Waals surface area contributed by atoms with Gasteiger partial charge in [0.05, 0.1) is 12.2 Å². The number of hydrogen-bond acceptors (Lipinski definition) is 2. The Kier molecular flexibility index (Phi) is 4.33. The fourth-order valence-corrected chi connectivity index (χ4v) is 3.53. The van der Waals surface area contributed by atoms with E-state index in [2.05, 4.69) is 72.2 Å². The van der Waals surface area contributed by atoms with Crippen molar-refractivity contribution in [3.63, 3.8) is 0 Å². The third-order valence-electron chi connectivity index (χ3n) is 2.25. The van der Waals surface area contributed by atoms with Crippen LogP contribution in [-0.2, 0) is 6.54 Å². The van der Waals surface area contributed by atoms with Gasteiger partial charge in [0.25, 0.3) is 0 Å². The molecular weight excluding hydrogens is 414 g/mol. The number of benzene rings is 1. The van der Waals surface area contributed by atoms with Crippen molar-refractivity contribution in [3.05, 3.63) is 49.2 Å². The van der Waals surface area contributed by atoms with Gasteiger partial charge in [-0.25, -0.2) is 0 Å². The molecule has 0 atom stereocenters. The van der Waals surface area contributed by atoms with Crippen LogP contribution in [0.4, 0.5) is 5.69 Å². The molecule has 1 aromatic heterocycles. The zero-order valence-corrected chi connectivity index (χ0v) is 13.8. The highest BCUT2D eigenvalue weighted by atomic mass is 79.9. The molecule has 2 rings (SSSR count). The normalized spacial score (nSPS) is 10.6. The highest BCUT2D eigenvalue weighted by Crippen LogP contribution is 2.32. The molecule has 1 aromatic carbocycles. The van der Waals surface area contributed by atoms with E-state index in [-0.39, 0.29) is 0 Å². The first-order valence-electron chi connectivity index (χ1n) is 5.00. The number of hydrogen-bond donors (Lipinski definition) is 1. The summed E-state index contributed by atoms with van der Waals surface area (Å²) in [6.45, 7) is 2.70. The minimum absolute atomic E-state index is 0.645. The van der Waals surface area contributed by atoms with Gasteiger partial charge in [-0.2, -0.15) is 0 Å². The van der Waals surface area contributed by atoms with Crippen molar-refractivity contribution in [1.82, 2.24) is 0 Å². The monoisotopic (exact) mass is 421 g/mol. The summed E-state index contributed by atoms with van der Waals surface area (Å²) in [5.41, 5.74) is 2.23. The molecule has 17 heavy (non-hydrogen) atoms. The first kappa shape index (κ1) is 13.2. The molecule has 2 nitrogen and oxygen atoms in total. The van der Waals surface area contributed by atoms with Crippen LogP contribution in [0.3, 0.4) is 0 Å². The van der Waals surface area contributed by atoms with Gasteiger partial charge in [-0.3, -0.25) is 0 Å². The van der Waals surface area contributed by atoms with E-state index < -0.39 is 0 Å². The lowest BCUT2D eigenvalue weighted by atomic mass is 10.2. The molecule has 0 amide bonds. The van der Waals surface area contributed by atoms with E-state index in [1.165, 1.54) is 5.56 Å². The van der Waals surface area contributed by atoms with Crippen LogP contribution in [0.25, 0.3) is 0 Å². The van der Waals surface area contributed by atoms with Crippen LogP contribution in [-0.4, -0.2) is 0 Å². The summed E-state index contributed by atoms with van der Waals surface area (Å²) in [5.74, 6) is 0.885. The van der Waals surface area contributed by atoms with Gasteiger partial charge in [-0.05, 0) is 84.5 Å². The van der Waals surface area contributed by atoms with Crippen LogP contribution in [0.15, 0.2) is 42.3 Å². The van der Waals surface area contributed by atoms with Crippen LogP contribution in [0, 0.1) is 6.92 Å². The quantitative estimate of drug-likeness (QED) is 0.706. The van der Waals surface area contributed by atoms with E-state index in [1.54, 1.807) is 0 Å². The molecule has 0 saturated heterocycles. The highest BCUT2D eigenvalue weighted by Gasteiger charge is 2.07. The maximum Gasteiger partial charge on any atom is 0.169 e. The van der Waals surface area contributed by atoms with Crippen molar-refractivity contribution in [1.29, 1.82) is 0 Å². The molecule has 90 valence electrons. The minimum Gasteiger partial charge on any atom is -0.452 e. The molecule has 0 unspecified atom stereocenters. The lowest BCUT2D eigenvalue weighted by Gasteiger charge is -2.10. The molecule has 0 fully saturated rings. The van der Waals surface area contributed by atoms with Gasteiger partial charge >= 0.3 is 0 Å². The molecule has 0 bridgehead atoms. The number of furan rings is 1. The lowest BCUT2D eigenvalue weighted by molar-refractivity contribution is 0.495. The molecule has 1 N–H and O–H groups in total. The van der Waals surface area contributed by atoms with E-state index in [4.69, 9.17) is 4.42 Å². The molecule has 0 saturated carbocycles. The fourth-order valence-electron chi connectivity index (χ4n) is 1.49. The molecule has 2 aromatic rings. The molecular formula is C12H10Br3NO. The van der Waals surface area contributed by atoms with E-state index >= 15 is 0 Å². The number of rotatable bonds is 3. The Morgan fingerprint density at radius 3 is 2.29 bits per heavy atom. The summed E-state index contributed by atoms with van der Waals surface area (Å²) in [4.78, 5) is 0. The Balaban J connectivity index is 2.14. The highest BCUT2D eigenvalue weighted by molar-refractivity contribution is 9.11. The average Bonchev–Trinajstić information content (AvgIpc) is 2.62. The molecule has 0 aliphatic rings. The maximum atomic E-state index is 5.43. The standard InChI is InChI=1S/C12H10Br3NO/c1-7-4-9(13)12(10(14)5-7)16-6-8-2-3-11(15)17-8/h2-5,16H,6H2,1H3. The van der Waals surface area contributed by atoms with Crippen molar-refractivity contribution in [2.75, 3.05) is 5.32 Å². The average molecular weight is 424 g/mol. The predicted molar refractivity (Wildman–Crippen MR) is 80.3 cm³/mol. The predicted octanol–water partition coefficient (Wildman–Crippen LogP) is 5.49. The van der Waals surface area contributed by atoms with Crippen LogP contribution < -0.4 is 5.32 Å². The molecule has 0 aliphatic carbocycles. The topological polar surface area (TPSA) is 25.2 Å². The number of anilines is 1. The van der Waals surface area contributed by atoms with Gasteiger partial charge in [0.1, 0.15) is 5.76 Å². The fraction of sp³-hybridized carbons (Fsp3) is 0.167. The van der Waals surface area contributed by atoms with Crippen LogP contribution >= 0.6 is 47.8 Å². The van der Waals surface area contributed by atoms with E-state index in [9.17, 15) is 0 Å². The zero-order chi connectivity index (χ0) is 12.4. The Labute approximate surface area is 125 Å². The largest absolute Gasteiger partial charge is 0.452 e. The number of aryl methyl sites for hydroxylation is 1. The Morgan fingerprint density at radius 1 is 1.12 bits per heavy atom. The summed E-state index contributed by atoms with van der Waals surface area (Å²) in [7, 11) is 0. The second kappa shape index (κ2) is 5.59. The summed E-state index contributed by atoms with van der Waals surface area (Å²) in [6, 6.07) is 7.97. The smallest absolute Gasteiger partial charge is 0.169 e. The number of nitrogens with one attached hydrogen (secondary N) is 1. The Bertz CT molecular complexity index is 513. The summed E-state index contributed by atoms with van der Waals surface area (Å²) in [6.07, 6.45) is 0. The van der Waals surface area contributed by atoms with Gasteiger partial charge < -0.3 is 9.73 Å². The van der Waals surface area contributed by atoms with Gasteiger partial charge in [-0.15, -0.1) is 0 Å². The molecule has 1 heterocycles. The van der Waals surface area contributed by atoms with Gasteiger partial charge in [0.15, 0.2) is 4.67 Å². The van der Waals surface area contributed by atoms with E-state index in [0.717, 1.165) is 25.1 Å². The first-order chi connectivity index (χ1) is 8.06. The Hall–Kier alpha value is -0.260. The molecule has 0 spiro atoms. The second-order valence-electron chi connectivity index (χ2n) is 3.66. The Morgan fingerprint density at radius 2 is 1.76 bits per heavy atom. The third kappa shape index (κ3) is 3.36. The van der Waals surface area contributed by atoms with Gasteiger partial charge in [0, 0.05) is 8.95 Å². The second-order valence-corrected chi connectivity index (χ2v) is 6.15. The van der Waals surface area contributed by atoms with Crippen LogP contribution in [0.5, 0.6) is 0 Å². The summed E-state index contributed by atoms with van der Waals surface area (Å²) in [5, 5.41) is 3.33. The van der Waals surface area contributed by atoms with Crippen molar-refractivity contribution in [2.45, 2.75) is 13.5 Å². The molecule has 0 aliphatic heterocycles. The summed E-state index contributed by atoms with van der Waals surface area (Å²) >= 11 is 10.4. The van der Waals surface area contributed by atoms with Crippen molar-refractivity contribution >= 4 is 53.5 Å². The minimum atomic E-state index is 0.645. The first-order valence-corrected chi connectivity index (χ1v) is 7.38. The van der Waals surface area contributed by atoms with E-state index in [1.807, 2.05) is 12.1 Å². The third-order valence-corrected chi connectivity index (χ3v) is 3.93. The zero-order valence-electron chi connectivity index (χ0n) is 9.06. The molecule has 5 heteroatoms. The van der Waals surface area contributed by atoms with Gasteiger partial charge in [-0.1, -0.05) is 0 Å². The summed E-state index contributed by atoms with van der Waals surface area (Å²) < 4.78 is 8.25. The van der Waals surface area contributed by atoms with Crippen molar-refractivity contribution < 1.29 is 4.42 Å².